The van der Waals surface area contributed by atoms with Crippen molar-refractivity contribution >= 4 is 17.7 Å². The second-order valence-electron chi connectivity index (χ2n) is 4.38. The van der Waals surface area contributed by atoms with Crippen molar-refractivity contribution in [2.45, 2.75) is 6.42 Å². The smallest absolute Gasteiger partial charge is 0.311 e. The molecule has 0 radical (unpaired) electrons. The highest BCUT2D eigenvalue weighted by Gasteiger charge is 2.89. The van der Waals surface area contributed by atoms with Gasteiger partial charge in [0.2, 0.25) is 0 Å². The van der Waals surface area contributed by atoms with Gasteiger partial charge in [-0.25, -0.2) is 0 Å². The Labute approximate surface area is 78.7 Å². The van der Waals surface area contributed by atoms with Crippen molar-refractivity contribution in [3.63, 3.8) is 0 Å². The number of ketones is 1. The Balaban J connectivity index is 2.13. The molecule has 0 aromatic rings. The average Bonchev–Trinajstić information content (AvgIpc) is 2.39. The number of hydrogen-bond acceptors (Lipinski definition) is 3. The molecule has 0 spiro atoms. The van der Waals surface area contributed by atoms with E-state index in [0.717, 1.165) is 0 Å². The van der Waals surface area contributed by atoms with Gasteiger partial charge in [-0.3, -0.25) is 14.4 Å². The van der Waals surface area contributed by atoms with E-state index in [1.807, 2.05) is 0 Å². The molecule has 4 aliphatic rings. The zero-order valence-electron chi connectivity index (χ0n) is 7.14. The second-order valence-corrected chi connectivity index (χ2v) is 4.38. The normalized spacial score (nSPS) is 52.1. The molecule has 4 saturated carbocycles. The second kappa shape index (κ2) is 1.85. The molecule has 4 bridgehead atoms. The Morgan fingerprint density at radius 3 is 2.29 bits per heavy atom. The largest absolute Gasteiger partial charge is 0.481 e. The van der Waals surface area contributed by atoms with Gasteiger partial charge in [-0.15, -0.1) is 0 Å². The molecule has 74 valence electrons. The van der Waals surface area contributed by atoms with Gasteiger partial charge in [0.15, 0.2) is 0 Å². The summed E-state index contributed by atoms with van der Waals surface area (Å²) < 4.78 is 0. The first-order valence-corrected chi connectivity index (χ1v) is 4.52. The summed E-state index contributed by atoms with van der Waals surface area (Å²) >= 11 is 0. The summed E-state index contributed by atoms with van der Waals surface area (Å²) in [6.45, 7) is 0. The quantitative estimate of drug-likeness (QED) is 0.627. The maximum Gasteiger partial charge on any atom is 0.311 e. The van der Waals surface area contributed by atoms with Crippen molar-refractivity contribution in [1.82, 2.24) is 0 Å². The predicted molar refractivity (Wildman–Crippen MR) is 41.3 cm³/mol. The summed E-state index contributed by atoms with van der Waals surface area (Å²) in [5, 5.41) is 18.0. The fraction of sp³-hybridized carbons (Fsp3) is 0.667. The minimum Gasteiger partial charge on any atom is -0.481 e. The molecule has 0 amide bonds. The van der Waals surface area contributed by atoms with Crippen LogP contribution in [0.2, 0.25) is 0 Å². The molecular formula is C9H8O5. The van der Waals surface area contributed by atoms with Crippen molar-refractivity contribution in [3.05, 3.63) is 0 Å². The van der Waals surface area contributed by atoms with E-state index < -0.39 is 35.1 Å². The Morgan fingerprint density at radius 1 is 1.36 bits per heavy atom. The molecule has 0 unspecified atom stereocenters. The van der Waals surface area contributed by atoms with E-state index >= 15 is 0 Å². The van der Waals surface area contributed by atoms with E-state index in [1.54, 1.807) is 0 Å². The van der Waals surface area contributed by atoms with E-state index in [-0.39, 0.29) is 11.7 Å². The summed E-state index contributed by atoms with van der Waals surface area (Å²) in [7, 11) is 0. The predicted octanol–water partition coefficient (Wildman–Crippen LogP) is -0.393. The Hall–Kier alpha value is -1.39. The molecule has 4 rings (SSSR count). The van der Waals surface area contributed by atoms with E-state index in [0.29, 0.717) is 6.42 Å². The van der Waals surface area contributed by atoms with Gasteiger partial charge in [0, 0.05) is 11.8 Å². The Kier molecular flexibility index (Phi) is 1.05. The third-order valence-corrected chi connectivity index (χ3v) is 4.15. The number of carboxylic acid groups (broad SMARTS) is 2. The van der Waals surface area contributed by atoms with Gasteiger partial charge in [-0.05, 0) is 12.3 Å². The van der Waals surface area contributed by atoms with Crippen molar-refractivity contribution < 1.29 is 24.6 Å². The fourth-order valence-electron chi connectivity index (χ4n) is 3.73. The van der Waals surface area contributed by atoms with Crippen LogP contribution < -0.4 is 0 Å². The minimum absolute atomic E-state index is 0.134. The highest BCUT2D eigenvalue weighted by Crippen LogP contribution is 2.79. The van der Waals surface area contributed by atoms with E-state index in [2.05, 4.69) is 0 Å². The third kappa shape index (κ3) is 0.492. The monoisotopic (exact) mass is 196 g/mol. The fourth-order valence-corrected chi connectivity index (χ4v) is 3.73. The molecule has 5 nitrogen and oxygen atoms in total. The number of carboxylic acids is 2. The molecule has 0 saturated heterocycles. The highest BCUT2D eigenvalue weighted by atomic mass is 16.4. The number of rotatable bonds is 2. The van der Waals surface area contributed by atoms with Crippen LogP contribution in [0, 0.1) is 29.1 Å². The minimum atomic E-state index is -1.23. The Morgan fingerprint density at radius 2 is 2.00 bits per heavy atom. The standard InChI is InChI=1S/C9H8O5/c10-6-2-1-3-5(6)9(3,8(13)14)4(2)7(11)12/h2-5H,1H2,(H,11,12)(H,13,14)/t2-,3-,4-,5+,9+/m0/s1. The van der Waals surface area contributed by atoms with Gasteiger partial charge in [0.25, 0.3) is 0 Å². The van der Waals surface area contributed by atoms with Crippen LogP contribution in [0.4, 0.5) is 0 Å². The molecule has 0 aromatic heterocycles. The topological polar surface area (TPSA) is 91.7 Å². The third-order valence-electron chi connectivity index (χ3n) is 4.15. The molecule has 0 aliphatic heterocycles. The molecule has 0 aromatic carbocycles. The first-order valence-electron chi connectivity index (χ1n) is 4.52. The van der Waals surface area contributed by atoms with Crippen LogP contribution in [0.3, 0.4) is 0 Å². The molecular weight excluding hydrogens is 188 g/mol. The lowest BCUT2D eigenvalue weighted by Gasteiger charge is -2.13. The van der Waals surface area contributed by atoms with Crippen molar-refractivity contribution in [3.8, 4) is 0 Å². The molecule has 0 heterocycles. The van der Waals surface area contributed by atoms with Gasteiger partial charge in [-0.2, -0.15) is 0 Å². The lowest BCUT2D eigenvalue weighted by molar-refractivity contribution is -0.155. The summed E-state index contributed by atoms with van der Waals surface area (Å²) in [5.74, 6) is -4.56. The van der Waals surface area contributed by atoms with Gasteiger partial charge >= 0.3 is 11.9 Å². The zero-order valence-corrected chi connectivity index (χ0v) is 7.14. The first kappa shape index (κ1) is 7.96. The lowest BCUT2D eigenvalue weighted by atomic mass is 9.89. The number of aliphatic carboxylic acids is 2. The summed E-state index contributed by atoms with van der Waals surface area (Å²) in [5.41, 5.74) is -1.23. The maximum absolute atomic E-state index is 11.5. The zero-order chi connectivity index (χ0) is 10.2. The summed E-state index contributed by atoms with van der Waals surface area (Å²) in [6.07, 6.45) is 0.465. The van der Waals surface area contributed by atoms with Crippen LogP contribution in [0.5, 0.6) is 0 Å². The van der Waals surface area contributed by atoms with E-state index in [4.69, 9.17) is 10.2 Å². The molecule has 4 aliphatic carbocycles. The van der Waals surface area contributed by atoms with E-state index in [1.165, 1.54) is 0 Å². The number of hydrogen-bond donors (Lipinski definition) is 2. The highest BCUT2D eigenvalue weighted by molar-refractivity contribution is 6.08. The molecule has 14 heavy (non-hydrogen) atoms. The van der Waals surface area contributed by atoms with Crippen LogP contribution in [0.25, 0.3) is 0 Å². The van der Waals surface area contributed by atoms with Crippen molar-refractivity contribution in [2.75, 3.05) is 0 Å². The lowest BCUT2D eigenvalue weighted by Crippen LogP contribution is -2.31. The van der Waals surface area contributed by atoms with Gasteiger partial charge in [0.05, 0.1) is 11.3 Å². The number of Topliss-reactive ketones (excluding diaryl/α,β-unsaturated/α-hetero) is 1. The SMILES string of the molecule is O=C(O)[C@@H]1[C@@H]2C[C@H]3[C@H](C2=O)[C@]13C(=O)O. The molecule has 2 N–H and O–H groups in total. The van der Waals surface area contributed by atoms with Crippen molar-refractivity contribution in [1.29, 1.82) is 0 Å². The van der Waals surface area contributed by atoms with Crippen LogP contribution in [-0.2, 0) is 14.4 Å². The van der Waals surface area contributed by atoms with Gasteiger partial charge < -0.3 is 10.2 Å². The molecule has 4 fully saturated rings. The summed E-state index contributed by atoms with van der Waals surface area (Å²) in [6, 6.07) is 0. The summed E-state index contributed by atoms with van der Waals surface area (Å²) in [4.78, 5) is 33.4. The first-order chi connectivity index (χ1) is 6.52. The van der Waals surface area contributed by atoms with Gasteiger partial charge in [-0.1, -0.05) is 0 Å². The number of carbonyl (C=O) groups excluding carboxylic acids is 1. The molecule has 5 atom stereocenters. The van der Waals surface area contributed by atoms with Crippen LogP contribution in [0.1, 0.15) is 6.42 Å². The van der Waals surface area contributed by atoms with E-state index in [9.17, 15) is 14.4 Å². The van der Waals surface area contributed by atoms with Crippen LogP contribution in [-0.4, -0.2) is 27.9 Å². The van der Waals surface area contributed by atoms with Crippen molar-refractivity contribution in [2.24, 2.45) is 29.1 Å². The molecule has 5 heteroatoms. The number of carbonyl (C=O) groups is 3. The Bertz CT molecular complexity index is 383. The van der Waals surface area contributed by atoms with Crippen LogP contribution >= 0.6 is 0 Å². The van der Waals surface area contributed by atoms with Gasteiger partial charge in [0.1, 0.15) is 5.78 Å². The maximum atomic E-state index is 11.5. The van der Waals surface area contributed by atoms with Crippen LogP contribution in [0.15, 0.2) is 0 Å². The average molecular weight is 196 g/mol.